The number of aromatic nitrogens is 1. The Hall–Kier alpha value is -4.36. The van der Waals surface area contributed by atoms with Crippen molar-refractivity contribution < 1.29 is 14.6 Å². The van der Waals surface area contributed by atoms with E-state index in [0.29, 0.717) is 34.7 Å². The number of hydrogen-bond donors (Lipinski definition) is 2. The maximum Gasteiger partial charge on any atom is 0.304 e. The van der Waals surface area contributed by atoms with E-state index in [1.807, 2.05) is 18.2 Å². The van der Waals surface area contributed by atoms with Gasteiger partial charge in [0, 0.05) is 17.5 Å². The molecule has 2 aliphatic rings. The number of rotatable bonds is 5. The van der Waals surface area contributed by atoms with Gasteiger partial charge in [0.05, 0.1) is 59.9 Å². The minimum atomic E-state index is -0.864. The van der Waals surface area contributed by atoms with Crippen molar-refractivity contribution >= 4 is 11.7 Å². The Morgan fingerprint density at radius 3 is 2.67 bits per heavy atom. The summed E-state index contributed by atoms with van der Waals surface area (Å²) in [5.41, 5.74) is 6.38. The number of aliphatic carboxylic acids is 1. The third-order valence-corrected chi connectivity index (χ3v) is 6.32. The van der Waals surface area contributed by atoms with Crippen LogP contribution in [0.15, 0.2) is 48.7 Å². The Bertz CT molecular complexity index is 1320. The minimum absolute atomic E-state index is 0.000406. The van der Waals surface area contributed by atoms with Gasteiger partial charge in [0.25, 0.3) is 0 Å². The number of carboxylic acids is 1. The standard InChI is InChI=1S/C26H20N4O3/c27-11-15-3-1-4-16(12-28)25(15)21-6-2-5-20-19(21)7-8-22(20)30-18-10-23-26(29-13-18)17(14-33-23)9-24(31)32/h1-6,10,13,17,22,30H,7-9,14H2,(H,31,32)/t17?,22-/m1/s1. The van der Waals surface area contributed by atoms with E-state index in [9.17, 15) is 15.3 Å². The van der Waals surface area contributed by atoms with Crippen LogP contribution in [-0.2, 0) is 11.2 Å². The molecule has 0 saturated heterocycles. The molecule has 0 fully saturated rings. The third-order valence-electron chi connectivity index (χ3n) is 6.32. The van der Waals surface area contributed by atoms with Gasteiger partial charge in [-0.25, -0.2) is 0 Å². The number of pyridine rings is 1. The van der Waals surface area contributed by atoms with Gasteiger partial charge in [0.1, 0.15) is 5.75 Å². The summed E-state index contributed by atoms with van der Waals surface area (Å²) in [4.78, 5) is 15.5. The molecule has 1 aliphatic heterocycles. The lowest BCUT2D eigenvalue weighted by Gasteiger charge is -2.17. The highest BCUT2D eigenvalue weighted by atomic mass is 16.5. The summed E-state index contributed by atoms with van der Waals surface area (Å²) in [6, 6.07) is 17.6. The molecule has 5 rings (SSSR count). The second-order valence-electron chi connectivity index (χ2n) is 8.27. The van der Waals surface area contributed by atoms with Crippen LogP contribution in [0.25, 0.3) is 11.1 Å². The van der Waals surface area contributed by atoms with Crippen LogP contribution in [0.4, 0.5) is 5.69 Å². The van der Waals surface area contributed by atoms with Gasteiger partial charge in [-0.2, -0.15) is 10.5 Å². The van der Waals surface area contributed by atoms with Crippen LogP contribution in [0.3, 0.4) is 0 Å². The quantitative estimate of drug-likeness (QED) is 0.602. The van der Waals surface area contributed by atoms with E-state index in [2.05, 4.69) is 28.5 Å². The molecule has 1 unspecified atom stereocenters. The molecular formula is C26H20N4O3. The third kappa shape index (κ3) is 3.64. The summed E-state index contributed by atoms with van der Waals surface area (Å²) in [5.74, 6) is -0.466. The molecule has 2 N–H and O–H groups in total. The Morgan fingerprint density at radius 2 is 1.94 bits per heavy atom. The summed E-state index contributed by atoms with van der Waals surface area (Å²) in [6.07, 6.45) is 3.41. The molecule has 1 aliphatic carbocycles. The van der Waals surface area contributed by atoms with Gasteiger partial charge in [-0.15, -0.1) is 0 Å². The van der Waals surface area contributed by atoms with Gasteiger partial charge in [-0.3, -0.25) is 9.78 Å². The zero-order valence-electron chi connectivity index (χ0n) is 17.7. The first kappa shape index (κ1) is 20.5. The van der Waals surface area contributed by atoms with Crippen molar-refractivity contribution in [2.24, 2.45) is 0 Å². The highest BCUT2D eigenvalue weighted by molar-refractivity contribution is 5.80. The molecule has 0 saturated carbocycles. The van der Waals surface area contributed by atoms with Crippen molar-refractivity contribution in [3.8, 4) is 29.0 Å². The van der Waals surface area contributed by atoms with Crippen molar-refractivity contribution in [2.75, 3.05) is 11.9 Å². The molecule has 1 aromatic heterocycles. The molecule has 2 aromatic carbocycles. The summed E-state index contributed by atoms with van der Waals surface area (Å²) in [7, 11) is 0. The number of nitrogens with one attached hydrogen (secondary N) is 1. The number of carbonyl (C=O) groups is 1. The van der Waals surface area contributed by atoms with Crippen molar-refractivity contribution in [2.45, 2.75) is 31.2 Å². The van der Waals surface area contributed by atoms with Crippen molar-refractivity contribution in [1.29, 1.82) is 10.5 Å². The van der Waals surface area contributed by atoms with E-state index in [1.54, 1.807) is 24.4 Å². The molecular weight excluding hydrogens is 416 g/mol. The number of nitrogens with zero attached hydrogens (tertiary/aromatic N) is 3. The first-order chi connectivity index (χ1) is 16.1. The second kappa shape index (κ2) is 8.29. The lowest BCUT2D eigenvalue weighted by Crippen LogP contribution is -2.09. The Labute approximate surface area is 190 Å². The fourth-order valence-corrected chi connectivity index (χ4v) is 4.86. The molecule has 3 aromatic rings. The lowest BCUT2D eigenvalue weighted by molar-refractivity contribution is -0.137. The van der Waals surface area contributed by atoms with Gasteiger partial charge < -0.3 is 15.2 Å². The van der Waals surface area contributed by atoms with Crippen LogP contribution in [0, 0.1) is 22.7 Å². The summed E-state index contributed by atoms with van der Waals surface area (Å²) in [6.45, 7) is 0.327. The SMILES string of the molecule is N#Cc1cccc(C#N)c1-c1cccc2c1CC[C@H]2Nc1cnc2c(c1)OCC2CC(=O)O. The molecule has 162 valence electrons. The van der Waals surface area contributed by atoms with Crippen LogP contribution < -0.4 is 10.1 Å². The van der Waals surface area contributed by atoms with E-state index in [0.717, 1.165) is 35.2 Å². The molecule has 7 heteroatoms. The zero-order chi connectivity index (χ0) is 22.9. The first-order valence-corrected chi connectivity index (χ1v) is 10.8. The molecule has 0 amide bonds. The fraction of sp³-hybridized carbons (Fsp3) is 0.231. The Morgan fingerprint density at radius 1 is 1.18 bits per heavy atom. The van der Waals surface area contributed by atoms with Gasteiger partial charge in [0.15, 0.2) is 0 Å². The van der Waals surface area contributed by atoms with E-state index < -0.39 is 5.97 Å². The second-order valence-corrected chi connectivity index (χ2v) is 8.27. The summed E-state index contributed by atoms with van der Waals surface area (Å²) < 4.78 is 5.69. The number of fused-ring (bicyclic) bond motifs is 2. The predicted molar refractivity (Wildman–Crippen MR) is 121 cm³/mol. The largest absolute Gasteiger partial charge is 0.491 e. The van der Waals surface area contributed by atoms with E-state index in [1.165, 1.54) is 0 Å². The van der Waals surface area contributed by atoms with Gasteiger partial charge in [0.2, 0.25) is 0 Å². The first-order valence-electron chi connectivity index (χ1n) is 10.8. The minimum Gasteiger partial charge on any atom is -0.491 e. The Kier molecular flexibility index (Phi) is 5.16. The molecule has 0 spiro atoms. The molecule has 2 heterocycles. The average molecular weight is 436 g/mol. The van der Waals surface area contributed by atoms with Crippen LogP contribution >= 0.6 is 0 Å². The fourth-order valence-electron chi connectivity index (χ4n) is 4.86. The van der Waals surface area contributed by atoms with E-state index >= 15 is 0 Å². The van der Waals surface area contributed by atoms with E-state index in [-0.39, 0.29) is 18.4 Å². The maximum absolute atomic E-state index is 11.1. The van der Waals surface area contributed by atoms with Gasteiger partial charge in [-0.05, 0) is 41.7 Å². The van der Waals surface area contributed by atoms with Gasteiger partial charge >= 0.3 is 5.97 Å². The normalized spacial score (nSPS) is 17.9. The smallest absolute Gasteiger partial charge is 0.304 e. The maximum atomic E-state index is 11.1. The molecule has 7 nitrogen and oxygen atoms in total. The number of ether oxygens (including phenoxy) is 1. The van der Waals surface area contributed by atoms with E-state index in [4.69, 9.17) is 9.84 Å². The number of benzene rings is 2. The molecule has 2 atom stereocenters. The zero-order valence-corrected chi connectivity index (χ0v) is 17.7. The topological polar surface area (TPSA) is 119 Å². The number of hydrogen-bond acceptors (Lipinski definition) is 6. The van der Waals surface area contributed by atoms with Crippen molar-refractivity contribution in [3.05, 3.63) is 76.6 Å². The molecule has 33 heavy (non-hydrogen) atoms. The summed E-state index contributed by atoms with van der Waals surface area (Å²) in [5, 5.41) is 31.8. The average Bonchev–Trinajstić information content (AvgIpc) is 3.42. The predicted octanol–water partition coefficient (Wildman–Crippen LogP) is 4.54. The van der Waals surface area contributed by atoms with Crippen LogP contribution in [0.5, 0.6) is 5.75 Å². The van der Waals surface area contributed by atoms with Crippen LogP contribution in [0.1, 0.15) is 52.7 Å². The highest BCUT2D eigenvalue weighted by Gasteiger charge is 2.30. The van der Waals surface area contributed by atoms with Crippen LogP contribution in [-0.4, -0.2) is 22.7 Å². The van der Waals surface area contributed by atoms with Crippen molar-refractivity contribution in [3.63, 3.8) is 0 Å². The van der Waals surface area contributed by atoms with Gasteiger partial charge in [-0.1, -0.05) is 24.3 Å². The highest BCUT2D eigenvalue weighted by Crippen LogP contribution is 2.42. The van der Waals surface area contributed by atoms with Crippen LogP contribution in [0.2, 0.25) is 0 Å². The Balaban J connectivity index is 1.45. The number of anilines is 1. The monoisotopic (exact) mass is 436 g/mol. The number of nitriles is 2. The van der Waals surface area contributed by atoms with Crippen molar-refractivity contribution in [1.82, 2.24) is 4.98 Å². The lowest BCUT2D eigenvalue weighted by atomic mass is 9.90. The summed E-state index contributed by atoms with van der Waals surface area (Å²) >= 11 is 0. The number of carboxylic acid groups (broad SMARTS) is 1. The molecule has 0 radical (unpaired) electrons. The molecule has 0 bridgehead atoms.